The lowest BCUT2D eigenvalue weighted by atomic mass is 10.1. The topological polar surface area (TPSA) is 70.9 Å². The number of nitrogens with zero attached hydrogens (tertiary/aromatic N) is 2. The smallest absolute Gasteiger partial charge is 0.260 e. The van der Waals surface area contributed by atoms with Crippen LogP contribution in [0.1, 0.15) is 12.5 Å². The summed E-state index contributed by atoms with van der Waals surface area (Å²) in [4.78, 5) is 18.3. The third kappa shape index (κ3) is 1.59. The molecule has 1 aliphatic rings. The molecule has 88 valence electrons. The first-order chi connectivity index (χ1) is 8.29. The normalized spacial score (nSPS) is 23.6. The van der Waals surface area contributed by atoms with Crippen LogP contribution in [0.4, 0.5) is 0 Å². The molecule has 0 aromatic carbocycles. The summed E-state index contributed by atoms with van der Waals surface area (Å²) in [6, 6.07) is 1.96. The summed E-state index contributed by atoms with van der Waals surface area (Å²) in [6.45, 7) is 0.167. The van der Waals surface area contributed by atoms with Crippen LogP contribution in [-0.4, -0.2) is 26.2 Å². The van der Waals surface area contributed by atoms with E-state index in [-0.39, 0.29) is 24.1 Å². The Labute approximate surface area is 97.4 Å². The van der Waals surface area contributed by atoms with Crippen molar-refractivity contribution in [2.75, 3.05) is 6.61 Å². The maximum Gasteiger partial charge on any atom is 0.260 e. The average Bonchev–Trinajstić information content (AvgIpc) is 2.94. The van der Waals surface area contributed by atoms with Gasteiger partial charge in [0.2, 0.25) is 0 Å². The SMILES string of the molecule is O=c1[nH]cnc2c1ccn2[C@H]1C=C[C@@H](CO)C1. The van der Waals surface area contributed by atoms with Gasteiger partial charge in [0, 0.05) is 18.7 Å². The number of H-pyrrole nitrogens is 1. The highest BCUT2D eigenvalue weighted by atomic mass is 16.3. The quantitative estimate of drug-likeness (QED) is 0.752. The molecule has 0 spiro atoms. The van der Waals surface area contributed by atoms with E-state index in [1.54, 1.807) is 6.07 Å². The Kier molecular flexibility index (Phi) is 2.33. The largest absolute Gasteiger partial charge is 0.396 e. The number of hydrogen-bond acceptors (Lipinski definition) is 3. The molecule has 0 radical (unpaired) electrons. The molecule has 3 rings (SSSR count). The minimum Gasteiger partial charge on any atom is -0.396 e. The average molecular weight is 231 g/mol. The Balaban J connectivity index is 2.05. The van der Waals surface area contributed by atoms with Gasteiger partial charge in [-0.1, -0.05) is 12.2 Å². The molecule has 0 amide bonds. The number of nitrogens with one attached hydrogen (secondary N) is 1. The van der Waals surface area contributed by atoms with E-state index in [0.717, 1.165) is 6.42 Å². The van der Waals surface area contributed by atoms with Gasteiger partial charge in [-0.2, -0.15) is 0 Å². The third-order valence-electron chi connectivity index (χ3n) is 3.26. The van der Waals surface area contributed by atoms with Crippen LogP contribution in [0.5, 0.6) is 0 Å². The molecule has 5 heteroatoms. The van der Waals surface area contributed by atoms with Crippen LogP contribution in [-0.2, 0) is 0 Å². The van der Waals surface area contributed by atoms with Gasteiger partial charge in [0.25, 0.3) is 5.56 Å². The van der Waals surface area contributed by atoms with Gasteiger partial charge in [-0.25, -0.2) is 4.98 Å². The molecule has 2 aromatic heterocycles. The van der Waals surface area contributed by atoms with Gasteiger partial charge in [0.1, 0.15) is 5.65 Å². The summed E-state index contributed by atoms with van der Waals surface area (Å²) in [6.07, 6.45) is 8.23. The predicted molar refractivity (Wildman–Crippen MR) is 63.7 cm³/mol. The minimum atomic E-state index is -0.116. The van der Waals surface area contributed by atoms with E-state index < -0.39 is 0 Å². The lowest BCUT2D eigenvalue weighted by Crippen LogP contribution is -2.10. The Hall–Kier alpha value is -1.88. The highest BCUT2D eigenvalue weighted by Crippen LogP contribution is 2.29. The number of aliphatic hydroxyl groups excluding tert-OH is 1. The zero-order valence-corrected chi connectivity index (χ0v) is 9.21. The maximum absolute atomic E-state index is 11.6. The summed E-state index contributed by atoms with van der Waals surface area (Å²) in [5, 5.41) is 9.71. The summed E-state index contributed by atoms with van der Waals surface area (Å²) in [5.41, 5.74) is 0.580. The zero-order chi connectivity index (χ0) is 11.8. The number of hydrogen-bond donors (Lipinski definition) is 2. The highest BCUT2D eigenvalue weighted by molar-refractivity contribution is 5.74. The number of aromatic amines is 1. The molecule has 2 heterocycles. The van der Waals surface area contributed by atoms with Crippen LogP contribution in [0.15, 0.2) is 35.5 Å². The fraction of sp³-hybridized carbons (Fsp3) is 0.333. The number of aromatic nitrogens is 3. The van der Waals surface area contributed by atoms with Gasteiger partial charge in [-0.05, 0) is 12.5 Å². The third-order valence-corrected chi connectivity index (χ3v) is 3.26. The van der Waals surface area contributed by atoms with E-state index in [2.05, 4.69) is 16.0 Å². The molecule has 5 nitrogen and oxygen atoms in total. The summed E-state index contributed by atoms with van der Waals surface area (Å²) in [7, 11) is 0. The lowest BCUT2D eigenvalue weighted by molar-refractivity contribution is 0.244. The second-order valence-electron chi connectivity index (χ2n) is 4.32. The molecule has 0 aliphatic heterocycles. The van der Waals surface area contributed by atoms with Crippen molar-refractivity contribution in [1.82, 2.24) is 14.5 Å². The standard InChI is InChI=1S/C12H13N3O2/c16-6-8-1-2-9(5-8)15-4-3-10-11(15)13-7-14-12(10)17/h1-4,7-9,16H,5-6H2,(H,13,14,17)/t8-,9+/m1/s1. The van der Waals surface area contributed by atoms with Gasteiger partial charge in [-0.15, -0.1) is 0 Å². The molecule has 0 bridgehead atoms. The summed E-state index contributed by atoms with van der Waals surface area (Å²) < 4.78 is 1.98. The van der Waals surface area contributed by atoms with E-state index in [1.165, 1.54) is 6.33 Å². The molecule has 1 aliphatic carbocycles. The number of aliphatic hydroxyl groups is 1. The lowest BCUT2D eigenvalue weighted by Gasteiger charge is -2.13. The van der Waals surface area contributed by atoms with E-state index in [0.29, 0.717) is 11.0 Å². The van der Waals surface area contributed by atoms with Gasteiger partial charge in [0.05, 0.1) is 17.8 Å². The van der Waals surface area contributed by atoms with Crippen molar-refractivity contribution in [2.45, 2.75) is 12.5 Å². The van der Waals surface area contributed by atoms with Crippen LogP contribution in [0, 0.1) is 5.92 Å². The van der Waals surface area contributed by atoms with Crippen molar-refractivity contribution in [3.8, 4) is 0 Å². The van der Waals surface area contributed by atoms with Crippen molar-refractivity contribution >= 4 is 11.0 Å². The van der Waals surface area contributed by atoms with Crippen LogP contribution < -0.4 is 5.56 Å². The second-order valence-corrected chi connectivity index (χ2v) is 4.32. The molecule has 0 saturated carbocycles. The van der Waals surface area contributed by atoms with Crippen molar-refractivity contribution < 1.29 is 5.11 Å². The van der Waals surface area contributed by atoms with Crippen LogP contribution >= 0.6 is 0 Å². The molecular formula is C12H13N3O2. The summed E-state index contributed by atoms with van der Waals surface area (Å²) >= 11 is 0. The maximum atomic E-state index is 11.6. The van der Waals surface area contributed by atoms with Crippen molar-refractivity contribution in [1.29, 1.82) is 0 Å². The highest BCUT2D eigenvalue weighted by Gasteiger charge is 2.21. The van der Waals surface area contributed by atoms with Gasteiger partial charge >= 0.3 is 0 Å². The number of allylic oxidation sites excluding steroid dienone is 1. The van der Waals surface area contributed by atoms with E-state index in [9.17, 15) is 4.79 Å². The molecule has 2 aromatic rings. The van der Waals surface area contributed by atoms with Gasteiger partial charge < -0.3 is 14.7 Å². The van der Waals surface area contributed by atoms with E-state index in [1.807, 2.05) is 16.8 Å². The molecule has 0 unspecified atom stereocenters. The Morgan fingerprint density at radius 1 is 1.53 bits per heavy atom. The molecule has 2 atom stereocenters. The van der Waals surface area contributed by atoms with Crippen LogP contribution in [0.3, 0.4) is 0 Å². The van der Waals surface area contributed by atoms with Crippen LogP contribution in [0.25, 0.3) is 11.0 Å². The molecule has 17 heavy (non-hydrogen) atoms. The number of rotatable bonds is 2. The Bertz CT molecular complexity index is 626. The van der Waals surface area contributed by atoms with Crippen molar-refractivity contribution in [3.05, 3.63) is 41.1 Å². The molecule has 0 fully saturated rings. The van der Waals surface area contributed by atoms with Crippen LogP contribution in [0.2, 0.25) is 0 Å². The Morgan fingerprint density at radius 2 is 2.41 bits per heavy atom. The summed E-state index contributed by atoms with van der Waals surface area (Å²) in [5.74, 6) is 0.208. The monoisotopic (exact) mass is 231 g/mol. The zero-order valence-electron chi connectivity index (χ0n) is 9.21. The molecule has 0 saturated heterocycles. The Morgan fingerprint density at radius 3 is 3.18 bits per heavy atom. The first-order valence-corrected chi connectivity index (χ1v) is 5.63. The molecule has 2 N–H and O–H groups in total. The molecular weight excluding hydrogens is 218 g/mol. The number of fused-ring (bicyclic) bond motifs is 1. The van der Waals surface area contributed by atoms with Crippen molar-refractivity contribution in [3.63, 3.8) is 0 Å². The van der Waals surface area contributed by atoms with Crippen molar-refractivity contribution in [2.24, 2.45) is 5.92 Å². The fourth-order valence-corrected chi connectivity index (χ4v) is 2.34. The second kappa shape index (κ2) is 3.85. The fourth-order valence-electron chi connectivity index (χ4n) is 2.34. The van der Waals surface area contributed by atoms with Gasteiger partial charge in [0.15, 0.2) is 0 Å². The minimum absolute atomic E-state index is 0.116. The van der Waals surface area contributed by atoms with Gasteiger partial charge in [-0.3, -0.25) is 4.79 Å². The predicted octanol–water partition coefficient (Wildman–Crippen LogP) is 0.834. The van der Waals surface area contributed by atoms with E-state index >= 15 is 0 Å². The first-order valence-electron chi connectivity index (χ1n) is 5.63. The van der Waals surface area contributed by atoms with E-state index in [4.69, 9.17) is 5.11 Å². The first kappa shape index (κ1) is 10.3.